The van der Waals surface area contributed by atoms with Crippen molar-refractivity contribution in [2.24, 2.45) is 0 Å². The molecule has 4 heteroatoms. The fourth-order valence-electron chi connectivity index (χ4n) is 7.36. The zero-order chi connectivity index (χ0) is 38.7. The Labute approximate surface area is 327 Å². The van der Waals surface area contributed by atoms with E-state index in [1.54, 1.807) is 0 Å². The van der Waals surface area contributed by atoms with Crippen LogP contribution in [0.3, 0.4) is 0 Å². The van der Waals surface area contributed by atoms with E-state index in [1.165, 1.54) is 43.2 Å². The molecule has 0 bridgehead atoms. The summed E-state index contributed by atoms with van der Waals surface area (Å²) >= 11 is -0.158. The summed E-state index contributed by atoms with van der Waals surface area (Å²) in [5.41, 5.74) is 16.4. The first-order valence-electron chi connectivity index (χ1n) is 19.0. The third-order valence-corrected chi connectivity index (χ3v) is 12.9. The maximum absolute atomic E-state index is 12.0. The minimum absolute atomic E-state index is 0.0916. The third-order valence-electron chi connectivity index (χ3n) is 10.6. The normalized spacial score (nSPS) is 12.4. The summed E-state index contributed by atoms with van der Waals surface area (Å²) in [4.78, 5) is 10.5. The van der Waals surface area contributed by atoms with Crippen molar-refractivity contribution in [1.82, 2.24) is 9.97 Å². The number of fused-ring (bicyclic) bond motifs is 1. The molecular formula is C50H52N2OSe. The van der Waals surface area contributed by atoms with E-state index in [9.17, 15) is 5.11 Å². The van der Waals surface area contributed by atoms with Crippen molar-refractivity contribution >= 4 is 24.3 Å². The monoisotopic (exact) mass is 776 g/mol. The number of hydrogen-bond acceptors (Lipinski definition) is 3. The van der Waals surface area contributed by atoms with E-state index < -0.39 is 0 Å². The van der Waals surface area contributed by atoms with Crippen LogP contribution in [-0.4, -0.2) is 29.6 Å². The summed E-state index contributed by atoms with van der Waals surface area (Å²) in [5.74, 6) is 0.348. The summed E-state index contributed by atoms with van der Waals surface area (Å²) in [5, 5.41) is 12.0. The van der Waals surface area contributed by atoms with Gasteiger partial charge in [-0.2, -0.15) is 0 Å². The molecule has 0 radical (unpaired) electrons. The molecule has 0 aliphatic carbocycles. The Morgan fingerprint density at radius 3 is 1.81 bits per heavy atom. The molecule has 2 aromatic heterocycles. The fourth-order valence-corrected chi connectivity index (χ4v) is 9.72. The Morgan fingerprint density at radius 1 is 0.537 bits per heavy atom. The Morgan fingerprint density at radius 2 is 1.17 bits per heavy atom. The van der Waals surface area contributed by atoms with E-state index in [2.05, 4.69) is 179 Å². The van der Waals surface area contributed by atoms with Gasteiger partial charge in [-0.15, -0.1) is 0 Å². The summed E-state index contributed by atoms with van der Waals surface area (Å²) in [7, 11) is 0. The number of hydrogen-bond donors (Lipinski definition) is 1. The van der Waals surface area contributed by atoms with Crippen molar-refractivity contribution in [3.05, 3.63) is 137 Å². The second-order valence-corrected chi connectivity index (χ2v) is 20.0. The Bertz CT molecular complexity index is 2500. The first-order valence-corrected chi connectivity index (χ1v) is 20.7. The topological polar surface area (TPSA) is 46.0 Å². The van der Waals surface area contributed by atoms with Crippen LogP contribution in [0.2, 0.25) is 0 Å². The van der Waals surface area contributed by atoms with Crippen LogP contribution in [0.4, 0.5) is 0 Å². The molecule has 1 N–H and O–H groups in total. The molecule has 0 aliphatic heterocycles. The van der Waals surface area contributed by atoms with E-state index in [0.717, 1.165) is 49.2 Å². The minimum atomic E-state index is -0.233. The first-order chi connectivity index (χ1) is 25.4. The number of pyridine rings is 1. The summed E-state index contributed by atoms with van der Waals surface area (Å²) < 4.78 is 2.23. The Hall–Kier alpha value is -4.76. The summed E-state index contributed by atoms with van der Waals surface area (Å²) in [6.07, 6.45) is 1.92. The molecule has 54 heavy (non-hydrogen) atoms. The first kappa shape index (κ1) is 37.6. The molecule has 7 aromatic rings. The van der Waals surface area contributed by atoms with Gasteiger partial charge in [-0.05, 0) is 0 Å². The number of aromatic hydroxyl groups is 1. The molecule has 0 atom stereocenters. The number of aryl methyl sites for hydroxylation is 2. The van der Waals surface area contributed by atoms with Crippen LogP contribution in [0.1, 0.15) is 90.1 Å². The second kappa shape index (κ2) is 13.8. The van der Waals surface area contributed by atoms with Crippen LogP contribution in [0, 0.1) is 13.8 Å². The van der Waals surface area contributed by atoms with Crippen molar-refractivity contribution < 1.29 is 5.11 Å². The number of nitrogens with zero attached hydrogens (tertiary/aromatic N) is 2. The van der Waals surface area contributed by atoms with Crippen LogP contribution in [0.15, 0.2) is 109 Å². The third kappa shape index (κ3) is 7.22. The molecular weight excluding hydrogens is 724 g/mol. The molecule has 2 heterocycles. The van der Waals surface area contributed by atoms with Gasteiger partial charge in [-0.3, -0.25) is 0 Å². The Kier molecular flexibility index (Phi) is 9.61. The quantitative estimate of drug-likeness (QED) is 0.177. The second-order valence-electron chi connectivity index (χ2n) is 17.9. The molecule has 0 saturated carbocycles. The summed E-state index contributed by atoms with van der Waals surface area (Å²) in [6, 6.07) is 37.2. The molecule has 0 aliphatic rings. The fraction of sp³-hybridized carbons (Fsp3) is 0.280. The van der Waals surface area contributed by atoms with Gasteiger partial charge in [0.15, 0.2) is 0 Å². The number of rotatable bonds is 5. The van der Waals surface area contributed by atoms with Crippen molar-refractivity contribution in [3.63, 3.8) is 0 Å². The van der Waals surface area contributed by atoms with Crippen molar-refractivity contribution in [3.8, 4) is 60.5 Å². The van der Waals surface area contributed by atoms with E-state index >= 15 is 0 Å². The molecule has 7 rings (SSSR count). The van der Waals surface area contributed by atoms with Gasteiger partial charge in [0.25, 0.3) is 0 Å². The average Bonchev–Trinajstić information content (AvgIpc) is 3.56. The van der Waals surface area contributed by atoms with Crippen molar-refractivity contribution in [1.29, 1.82) is 0 Å². The molecule has 0 amide bonds. The van der Waals surface area contributed by atoms with Crippen LogP contribution in [-0.2, 0) is 16.2 Å². The predicted octanol–water partition coefficient (Wildman–Crippen LogP) is 13.2. The van der Waals surface area contributed by atoms with Crippen molar-refractivity contribution in [2.75, 3.05) is 0 Å². The number of aromatic nitrogens is 2. The molecule has 0 spiro atoms. The van der Waals surface area contributed by atoms with Gasteiger partial charge in [0, 0.05) is 0 Å². The predicted molar refractivity (Wildman–Crippen MR) is 231 cm³/mol. The SMILES string of the molecule is Cc1cccc(C)c1-c1ccc(-c2cc(-c3cc(-c4ccccc4)ccn3)cc(C(C)(C)C)c2)c2nc(-c3cc(C(C)(C)C)cc(C(C)(C)C)c3O)[se]c12. The van der Waals surface area contributed by atoms with Gasteiger partial charge in [0.2, 0.25) is 0 Å². The average molecular weight is 776 g/mol. The van der Waals surface area contributed by atoms with Crippen LogP contribution < -0.4 is 0 Å². The van der Waals surface area contributed by atoms with Gasteiger partial charge in [0.1, 0.15) is 0 Å². The van der Waals surface area contributed by atoms with Gasteiger partial charge in [0.05, 0.1) is 0 Å². The molecule has 274 valence electrons. The van der Waals surface area contributed by atoms with Gasteiger partial charge >= 0.3 is 323 Å². The molecule has 5 aromatic carbocycles. The molecule has 3 nitrogen and oxygen atoms in total. The maximum atomic E-state index is 12.0. The summed E-state index contributed by atoms with van der Waals surface area (Å²) in [6.45, 7) is 24.5. The zero-order valence-corrected chi connectivity index (χ0v) is 35.4. The molecule has 0 unspecified atom stereocenters. The molecule has 0 saturated heterocycles. The van der Waals surface area contributed by atoms with Crippen LogP contribution in [0.5, 0.6) is 5.75 Å². The van der Waals surface area contributed by atoms with E-state index in [-0.39, 0.29) is 30.7 Å². The van der Waals surface area contributed by atoms with E-state index in [4.69, 9.17) is 9.97 Å². The Balaban J connectivity index is 1.52. The molecule has 0 fully saturated rings. The van der Waals surface area contributed by atoms with E-state index in [1.807, 2.05) is 6.20 Å². The number of phenols is 1. The number of phenolic OH excluding ortho intramolecular Hbond substituents is 1. The van der Waals surface area contributed by atoms with Gasteiger partial charge in [-0.25, -0.2) is 0 Å². The van der Waals surface area contributed by atoms with Gasteiger partial charge in [-0.1, -0.05) is 6.07 Å². The number of benzene rings is 5. The van der Waals surface area contributed by atoms with Gasteiger partial charge < -0.3 is 0 Å². The van der Waals surface area contributed by atoms with E-state index in [0.29, 0.717) is 5.75 Å². The van der Waals surface area contributed by atoms with Crippen LogP contribution >= 0.6 is 0 Å². The van der Waals surface area contributed by atoms with Crippen LogP contribution in [0.25, 0.3) is 64.5 Å². The van der Waals surface area contributed by atoms with Crippen molar-refractivity contribution in [2.45, 2.75) is 92.4 Å². The standard InChI is InChI=1S/C50H52N2OSe/c1-30-16-15-17-31(2)43(30)39-21-20-38(44-46(39)54-47(52-44)40-28-37(49(6,7)8)29-41(45(40)53)50(9,10)11)34-24-35(26-36(25-34)48(3,4)5)42-27-33(22-23-51-42)32-18-13-12-14-19-32/h12-29,53H,1-11H3. The zero-order valence-electron chi connectivity index (χ0n) is 33.6.